The first kappa shape index (κ1) is 9.78. The largest absolute Gasteiger partial charge is 0.454 e. The maximum Gasteiger partial charge on any atom is 0.231 e. The summed E-state index contributed by atoms with van der Waals surface area (Å²) in [6.45, 7) is 2.96. The van der Waals surface area contributed by atoms with Gasteiger partial charge in [0.25, 0.3) is 0 Å². The van der Waals surface area contributed by atoms with Gasteiger partial charge in [0.15, 0.2) is 11.5 Å². The second-order valence-corrected chi connectivity index (χ2v) is 3.84. The zero-order valence-corrected chi connectivity index (χ0v) is 8.50. The van der Waals surface area contributed by atoms with E-state index in [4.69, 9.17) is 14.7 Å². The quantitative estimate of drug-likeness (QED) is 0.710. The van der Waals surface area contributed by atoms with Crippen LogP contribution in [0, 0.1) is 11.3 Å². The fraction of sp³-hybridized carbons (Fsp3) is 0.364. The molecule has 1 aromatic carbocycles. The SMILES string of the molecule is CC(C)(F)c1cc(C#N)c2c(c1)OCO2. The summed E-state index contributed by atoms with van der Waals surface area (Å²) in [5, 5.41) is 8.88. The molecule has 2 rings (SSSR count). The molecule has 78 valence electrons. The Morgan fingerprint density at radius 2 is 2.13 bits per heavy atom. The lowest BCUT2D eigenvalue weighted by molar-refractivity contribution is 0.173. The van der Waals surface area contributed by atoms with Crippen LogP contribution in [0.3, 0.4) is 0 Å². The number of alkyl halides is 1. The van der Waals surface area contributed by atoms with Crippen LogP contribution in [0.2, 0.25) is 0 Å². The van der Waals surface area contributed by atoms with Gasteiger partial charge in [0.05, 0.1) is 5.56 Å². The number of hydrogen-bond donors (Lipinski definition) is 0. The molecule has 1 aliphatic heterocycles. The summed E-state index contributed by atoms with van der Waals surface area (Å²) in [5.74, 6) is 0.847. The predicted octanol–water partition coefficient (Wildman–Crippen LogP) is 2.49. The van der Waals surface area contributed by atoms with E-state index in [2.05, 4.69) is 0 Å². The Labute approximate surface area is 87.0 Å². The maximum atomic E-state index is 13.7. The molecule has 0 aromatic heterocycles. The predicted molar refractivity (Wildman–Crippen MR) is 51.4 cm³/mol. The average molecular weight is 207 g/mol. The summed E-state index contributed by atoms with van der Waals surface area (Å²) in [7, 11) is 0. The van der Waals surface area contributed by atoms with Crippen molar-refractivity contribution in [2.24, 2.45) is 0 Å². The van der Waals surface area contributed by atoms with E-state index < -0.39 is 5.67 Å². The molecule has 0 fully saturated rings. The van der Waals surface area contributed by atoms with Crippen molar-refractivity contribution >= 4 is 0 Å². The van der Waals surface area contributed by atoms with Gasteiger partial charge in [-0.05, 0) is 31.5 Å². The van der Waals surface area contributed by atoms with E-state index in [0.717, 1.165) is 0 Å². The van der Waals surface area contributed by atoms with Gasteiger partial charge in [-0.15, -0.1) is 0 Å². The highest BCUT2D eigenvalue weighted by Crippen LogP contribution is 2.39. The summed E-state index contributed by atoms with van der Waals surface area (Å²) in [6.07, 6.45) is 0. The maximum absolute atomic E-state index is 13.7. The van der Waals surface area contributed by atoms with Gasteiger partial charge in [-0.2, -0.15) is 5.26 Å². The second kappa shape index (κ2) is 3.13. The summed E-state index contributed by atoms with van der Waals surface area (Å²) < 4.78 is 24.0. The number of nitriles is 1. The van der Waals surface area contributed by atoms with Crippen LogP contribution in [-0.4, -0.2) is 6.79 Å². The lowest BCUT2D eigenvalue weighted by Gasteiger charge is -2.15. The van der Waals surface area contributed by atoms with Gasteiger partial charge in [0.1, 0.15) is 11.7 Å². The van der Waals surface area contributed by atoms with Crippen molar-refractivity contribution in [3.05, 3.63) is 23.3 Å². The van der Waals surface area contributed by atoms with Crippen LogP contribution in [0.1, 0.15) is 25.0 Å². The van der Waals surface area contributed by atoms with Gasteiger partial charge >= 0.3 is 0 Å². The van der Waals surface area contributed by atoms with E-state index in [9.17, 15) is 4.39 Å². The van der Waals surface area contributed by atoms with E-state index in [1.807, 2.05) is 6.07 Å². The Bertz CT molecular complexity index is 443. The van der Waals surface area contributed by atoms with Crippen LogP contribution in [0.5, 0.6) is 11.5 Å². The number of fused-ring (bicyclic) bond motifs is 1. The molecule has 1 aromatic rings. The first-order valence-electron chi connectivity index (χ1n) is 4.55. The topological polar surface area (TPSA) is 42.2 Å². The first-order chi connectivity index (χ1) is 7.02. The summed E-state index contributed by atoms with van der Waals surface area (Å²) in [5.41, 5.74) is -0.763. The third-order valence-electron chi connectivity index (χ3n) is 2.28. The lowest BCUT2D eigenvalue weighted by atomic mass is 9.97. The lowest BCUT2D eigenvalue weighted by Crippen LogP contribution is -2.09. The Morgan fingerprint density at radius 1 is 1.40 bits per heavy atom. The third kappa shape index (κ3) is 1.61. The van der Waals surface area contributed by atoms with Gasteiger partial charge in [0.2, 0.25) is 6.79 Å². The molecule has 0 atom stereocenters. The Hall–Kier alpha value is -1.76. The molecule has 0 amide bonds. The number of halogens is 1. The molecule has 0 saturated heterocycles. The van der Waals surface area contributed by atoms with Crippen LogP contribution < -0.4 is 9.47 Å². The molecular formula is C11H10FNO2. The summed E-state index contributed by atoms with van der Waals surface area (Å²) in [6, 6.07) is 5.03. The molecule has 4 heteroatoms. The van der Waals surface area contributed by atoms with Crippen molar-refractivity contribution in [1.29, 1.82) is 5.26 Å². The molecule has 15 heavy (non-hydrogen) atoms. The Morgan fingerprint density at radius 3 is 2.73 bits per heavy atom. The third-order valence-corrected chi connectivity index (χ3v) is 2.28. The minimum absolute atomic E-state index is 0.0835. The highest BCUT2D eigenvalue weighted by molar-refractivity contribution is 5.56. The molecule has 0 unspecified atom stereocenters. The zero-order valence-electron chi connectivity index (χ0n) is 8.50. The van der Waals surface area contributed by atoms with Gasteiger partial charge < -0.3 is 9.47 Å². The molecule has 0 radical (unpaired) electrons. The smallest absolute Gasteiger partial charge is 0.231 e. The van der Waals surface area contributed by atoms with Gasteiger partial charge in [-0.1, -0.05) is 0 Å². The van der Waals surface area contributed by atoms with Crippen molar-refractivity contribution in [3.8, 4) is 17.6 Å². The van der Waals surface area contributed by atoms with Crippen molar-refractivity contribution in [3.63, 3.8) is 0 Å². The van der Waals surface area contributed by atoms with E-state index in [-0.39, 0.29) is 6.79 Å². The minimum Gasteiger partial charge on any atom is -0.454 e. The fourth-order valence-corrected chi connectivity index (χ4v) is 1.44. The normalized spacial score (nSPS) is 13.7. The van der Waals surface area contributed by atoms with Crippen molar-refractivity contribution in [2.45, 2.75) is 19.5 Å². The molecule has 1 aliphatic rings. The van der Waals surface area contributed by atoms with Gasteiger partial charge in [0, 0.05) is 0 Å². The molecular weight excluding hydrogens is 197 g/mol. The van der Waals surface area contributed by atoms with Gasteiger partial charge in [-0.3, -0.25) is 0 Å². The molecule has 0 spiro atoms. The van der Waals surface area contributed by atoms with E-state index in [1.54, 1.807) is 6.07 Å². The molecule has 1 heterocycles. The number of hydrogen-bond acceptors (Lipinski definition) is 3. The molecule has 0 saturated carbocycles. The summed E-state index contributed by atoms with van der Waals surface area (Å²) >= 11 is 0. The van der Waals surface area contributed by atoms with Gasteiger partial charge in [-0.25, -0.2) is 4.39 Å². The standard InChI is InChI=1S/C11H10FNO2/c1-11(2,12)8-3-7(5-13)10-9(4-8)14-6-15-10/h3-4H,6H2,1-2H3. The number of ether oxygens (including phenoxy) is 2. The zero-order chi connectivity index (χ0) is 11.1. The molecule has 3 nitrogen and oxygen atoms in total. The Kier molecular flexibility index (Phi) is 2.04. The van der Waals surface area contributed by atoms with Crippen molar-refractivity contribution in [1.82, 2.24) is 0 Å². The van der Waals surface area contributed by atoms with Crippen LogP contribution in [0.25, 0.3) is 0 Å². The number of benzene rings is 1. The van der Waals surface area contributed by atoms with Crippen LogP contribution in [0.15, 0.2) is 12.1 Å². The highest BCUT2D eigenvalue weighted by Gasteiger charge is 2.26. The first-order valence-corrected chi connectivity index (χ1v) is 4.55. The van der Waals surface area contributed by atoms with E-state index in [0.29, 0.717) is 22.6 Å². The second-order valence-electron chi connectivity index (χ2n) is 3.84. The van der Waals surface area contributed by atoms with E-state index >= 15 is 0 Å². The van der Waals surface area contributed by atoms with Crippen LogP contribution in [-0.2, 0) is 5.67 Å². The molecule has 0 bridgehead atoms. The summed E-state index contributed by atoms with van der Waals surface area (Å²) in [4.78, 5) is 0. The number of rotatable bonds is 1. The minimum atomic E-state index is -1.49. The highest BCUT2D eigenvalue weighted by atomic mass is 19.1. The number of nitrogens with zero attached hydrogens (tertiary/aromatic N) is 1. The van der Waals surface area contributed by atoms with Crippen molar-refractivity contribution < 1.29 is 13.9 Å². The average Bonchev–Trinajstić information content (AvgIpc) is 2.62. The molecule has 0 aliphatic carbocycles. The fourth-order valence-electron chi connectivity index (χ4n) is 1.44. The Balaban J connectivity index is 2.59. The molecule has 0 N–H and O–H groups in total. The van der Waals surface area contributed by atoms with Crippen molar-refractivity contribution in [2.75, 3.05) is 6.79 Å². The monoisotopic (exact) mass is 207 g/mol. The van der Waals surface area contributed by atoms with Crippen LogP contribution in [0.4, 0.5) is 4.39 Å². The van der Waals surface area contributed by atoms with E-state index in [1.165, 1.54) is 19.9 Å². The van der Waals surface area contributed by atoms with Crippen LogP contribution >= 0.6 is 0 Å².